The highest BCUT2D eigenvalue weighted by Crippen LogP contribution is 2.09. The van der Waals surface area contributed by atoms with Crippen LogP contribution in [-0.4, -0.2) is 62.0 Å². The van der Waals surface area contributed by atoms with E-state index < -0.39 is 0 Å². The van der Waals surface area contributed by atoms with Crippen LogP contribution < -0.4 is 10.6 Å². The molecule has 0 rings (SSSR count). The molecule has 0 heterocycles. The van der Waals surface area contributed by atoms with E-state index in [1.165, 1.54) is 0 Å². The van der Waals surface area contributed by atoms with E-state index in [2.05, 4.69) is 10.6 Å². The summed E-state index contributed by atoms with van der Waals surface area (Å²) in [6, 6.07) is 0.111. The van der Waals surface area contributed by atoms with Gasteiger partial charge in [0.15, 0.2) is 0 Å². The molecule has 5 nitrogen and oxygen atoms in total. The second-order valence-electron chi connectivity index (χ2n) is 3.82. The molecule has 0 aliphatic rings. The summed E-state index contributed by atoms with van der Waals surface area (Å²) in [7, 11) is 1.64. The van der Waals surface area contributed by atoms with Crippen LogP contribution in [0.2, 0.25) is 0 Å². The summed E-state index contributed by atoms with van der Waals surface area (Å²) >= 11 is 1.59. The largest absolute Gasteiger partial charge is 0.395 e. The summed E-state index contributed by atoms with van der Waals surface area (Å²) in [5, 5.41) is 15.1. The van der Waals surface area contributed by atoms with Crippen molar-refractivity contribution >= 4 is 17.7 Å². The lowest BCUT2D eigenvalue weighted by Crippen LogP contribution is -2.43. The molecule has 0 aromatic heterocycles. The lowest BCUT2D eigenvalue weighted by atomic mass is 10.2. The fourth-order valence-corrected chi connectivity index (χ4v) is 1.98. The van der Waals surface area contributed by atoms with Crippen LogP contribution in [0.25, 0.3) is 0 Å². The van der Waals surface area contributed by atoms with Gasteiger partial charge >= 0.3 is 0 Å². The highest BCUT2D eigenvalue weighted by Gasteiger charge is 2.15. The van der Waals surface area contributed by atoms with Crippen LogP contribution in [0, 0.1) is 0 Å². The second kappa shape index (κ2) is 10.8. The summed E-state index contributed by atoms with van der Waals surface area (Å²) in [6.45, 7) is 3.66. The molecular weight excluding hydrogens is 240 g/mol. The minimum Gasteiger partial charge on any atom is -0.395 e. The van der Waals surface area contributed by atoms with Gasteiger partial charge in [-0.05, 0) is 19.6 Å². The van der Waals surface area contributed by atoms with Gasteiger partial charge in [-0.2, -0.15) is 11.8 Å². The predicted molar refractivity (Wildman–Crippen MR) is 71.4 cm³/mol. The average Bonchev–Trinajstić information content (AvgIpc) is 2.33. The summed E-state index contributed by atoms with van der Waals surface area (Å²) < 4.78 is 4.88. The molecular formula is C11H24N2O3S. The number of carbonyl (C=O) groups excluding carboxylic acids is 1. The van der Waals surface area contributed by atoms with Crippen LogP contribution in [-0.2, 0) is 9.53 Å². The third-order valence-electron chi connectivity index (χ3n) is 2.47. The van der Waals surface area contributed by atoms with Crippen molar-refractivity contribution in [2.24, 2.45) is 0 Å². The first kappa shape index (κ1) is 16.7. The van der Waals surface area contributed by atoms with Gasteiger partial charge in [0.2, 0.25) is 5.91 Å². The number of methoxy groups -OCH3 is 1. The third-order valence-corrected chi connectivity index (χ3v) is 3.64. The van der Waals surface area contributed by atoms with Crippen molar-refractivity contribution in [3.8, 4) is 0 Å². The lowest BCUT2D eigenvalue weighted by Gasteiger charge is -2.21. The summed E-state index contributed by atoms with van der Waals surface area (Å²) in [5.41, 5.74) is 0. The molecule has 2 atom stereocenters. The highest BCUT2D eigenvalue weighted by molar-refractivity contribution is 7.99. The Hall–Kier alpha value is -0.300. The molecule has 1 amide bonds. The number of hydrogen-bond donors (Lipinski definition) is 3. The van der Waals surface area contributed by atoms with Gasteiger partial charge in [-0.3, -0.25) is 4.79 Å². The number of rotatable bonds is 10. The Kier molecular flexibility index (Phi) is 10.6. The molecule has 0 aromatic carbocycles. The maximum Gasteiger partial charge on any atom is 0.233 e. The molecule has 0 saturated carbocycles. The monoisotopic (exact) mass is 264 g/mol. The number of ether oxygens (including phenoxy) is 1. The fourth-order valence-electron chi connectivity index (χ4n) is 1.33. The summed E-state index contributed by atoms with van der Waals surface area (Å²) in [4.78, 5) is 11.4. The Morgan fingerprint density at radius 1 is 1.53 bits per heavy atom. The standard InChI is InChI=1S/C11H24N2O3S/c1-9(10(8-14)17-3)13-7-11(15)12-5-4-6-16-2/h9-10,13-14H,4-8H2,1-3H3,(H,12,15). The average molecular weight is 264 g/mol. The summed E-state index contributed by atoms with van der Waals surface area (Å²) in [5.74, 6) is -0.0225. The smallest absolute Gasteiger partial charge is 0.233 e. The molecule has 102 valence electrons. The van der Waals surface area contributed by atoms with Crippen molar-refractivity contribution in [1.82, 2.24) is 10.6 Å². The van der Waals surface area contributed by atoms with Crippen LogP contribution in [0.4, 0.5) is 0 Å². The SMILES string of the molecule is COCCCNC(=O)CNC(C)C(CO)SC. The van der Waals surface area contributed by atoms with Crippen LogP contribution in [0.5, 0.6) is 0 Å². The molecule has 0 aromatic rings. The number of carbonyl (C=O) groups is 1. The highest BCUT2D eigenvalue weighted by atomic mass is 32.2. The number of aliphatic hydroxyl groups is 1. The Labute approximate surface area is 108 Å². The number of nitrogens with one attached hydrogen (secondary N) is 2. The van der Waals surface area contributed by atoms with Crippen LogP contribution in [0.1, 0.15) is 13.3 Å². The number of thioether (sulfide) groups is 1. The van der Waals surface area contributed by atoms with E-state index in [1.807, 2.05) is 13.2 Å². The van der Waals surface area contributed by atoms with E-state index in [9.17, 15) is 4.79 Å². The fraction of sp³-hybridized carbons (Fsp3) is 0.909. The van der Waals surface area contributed by atoms with Crippen molar-refractivity contribution in [3.63, 3.8) is 0 Å². The molecule has 0 radical (unpaired) electrons. The second-order valence-corrected chi connectivity index (χ2v) is 4.90. The zero-order valence-electron chi connectivity index (χ0n) is 10.9. The normalized spacial score (nSPS) is 14.4. The van der Waals surface area contributed by atoms with E-state index in [0.29, 0.717) is 13.2 Å². The van der Waals surface area contributed by atoms with E-state index in [0.717, 1.165) is 6.42 Å². The molecule has 17 heavy (non-hydrogen) atoms. The van der Waals surface area contributed by atoms with Gasteiger partial charge in [-0.25, -0.2) is 0 Å². The number of hydrogen-bond acceptors (Lipinski definition) is 5. The molecule has 0 aliphatic heterocycles. The van der Waals surface area contributed by atoms with Crippen molar-refractivity contribution in [1.29, 1.82) is 0 Å². The predicted octanol–water partition coefficient (Wildman–Crippen LogP) is -0.159. The first-order chi connectivity index (χ1) is 8.15. The van der Waals surface area contributed by atoms with Crippen LogP contribution in [0.3, 0.4) is 0 Å². The van der Waals surface area contributed by atoms with Crippen molar-refractivity contribution < 1.29 is 14.6 Å². The first-order valence-electron chi connectivity index (χ1n) is 5.78. The van der Waals surface area contributed by atoms with E-state index in [1.54, 1.807) is 18.9 Å². The molecule has 2 unspecified atom stereocenters. The van der Waals surface area contributed by atoms with Gasteiger partial charge in [0, 0.05) is 31.6 Å². The van der Waals surface area contributed by atoms with E-state index in [4.69, 9.17) is 9.84 Å². The van der Waals surface area contributed by atoms with Crippen LogP contribution in [0.15, 0.2) is 0 Å². The van der Waals surface area contributed by atoms with E-state index in [-0.39, 0.29) is 30.4 Å². The minimum atomic E-state index is -0.0225. The molecule has 6 heteroatoms. The molecule has 0 aliphatic carbocycles. The zero-order chi connectivity index (χ0) is 13.1. The Morgan fingerprint density at radius 3 is 2.76 bits per heavy atom. The minimum absolute atomic E-state index is 0.0225. The maximum atomic E-state index is 11.4. The van der Waals surface area contributed by atoms with Gasteiger partial charge in [-0.1, -0.05) is 0 Å². The molecule has 0 saturated heterocycles. The zero-order valence-corrected chi connectivity index (χ0v) is 11.7. The van der Waals surface area contributed by atoms with E-state index >= 15 is 0 Å². The van der Waals surface area contributed by atoms with Gasteiger partial charge in [0.05, 0.1) is 13.2 Å². The van der Waals surface area contributed by atoms with Crippen molar-refractivity contribution in [3.05, 3.63) is 0 Å². The van der Waals surface area contributed by atoms with Gasteiger partial charge in [-0.15, -0.1) is 0 Å². The topological polar surface area (TPSA) is 70.6 Å². The van der Waals surface area contributed by atoms with Crippen molar-refractivity contribution in [2.45, 2.75) is 24.6 Å². The molecule has 3 N–H and O–H groups in total. The van der Waals surface area contributed by atoms with Gasteiger partial charge in [0.25, 0.3) is 0 Å². The Morgan fingerprint density at radius 2 is 2.24 bits per heavy atom. The molecule has 0 bridgehead atoms. The summed E-state index contributed by atoms with van der Waals surface area (Å²) in [6.07, 6.45) is 2.77. The third kappa shape index (κ3) is 8.43. The quantitative estimate of drug-likeness (QED) is 0.478. The Balaban J connectivity index is 3.61. The Bertz CT molecular complexity index is 201. The van der Waals surface area contributed by atoms with Gasteiger partial charge < -0.3 is 20.5 Å². The van der Waals surface area contributed by atoms with Crippen molar-refractivity contribution in [2.75, 3.05) is 39.7 Å². The maximum absolute atomic E-state index is 11.4. The lowest BCUT2D eigenvalue weighted by molar-refractivity contribution is -0.120. The first-order valence-corrected chi connectivity index (χ1v) is 7.07. The molecule has 0 fully saturated rings. The van der Waals surface area contributed by atoms with Crippen LogP contribution >= 0.6 is 11.8 Å². The molecule has 0 spiro atoms. The van der Waals surface area contributed by atoms with Gasteiger partial charge in [0.1, 0.15) is 0 Å². The number of amides is 1. The number of aliphatic hydroxyl groups excluding tert-OH is 1.